The summed E-state index contributed by atoms with van der Waals surface area (Å²) >= 11 is 0. The molecule has 0 aromatic rings. The van der Waals surface area contributed by atoms with Crippen molar-refractivity contribution in [3.05, 3.63) is 0 Å². The number of β-amino-alcohol motifs (C(OH)–C–C–N with tert-alkyl or cyclic N) is 1. The van der Waals surface area contributed by atoms with Crippen molar-refractivity contribution in [3.63, 3.8) is 0 Å². The summed E-state index contributed by atoms with van der Waals surface area (Å²) < 4.78 is 0. The van der Waals surface area contributed by atoms with Crippen molar-refractivity contribution >= 4 is 5.91 Å². The fourth-order valence-corrected chi connectivity index (χ4v) is 2.75. The summed E-state index contributed by atoms with van der Waals surface area (Å²) in [4.78, 5) is 15.9. The van der Waals surface area contributed by atoms with Crippen LogP contribution in [0.1, 0.15) is 25.7 Å². The third-order valence-corrected chi connectivity index (χ3v) is 3.64. The van der Waals surface area contributed by atoms with Gasteiger partial charge in [-0.1, -0.05) is 0 Å². The van der Waals surface area contributed by atoms with Gasteiger partial charge in [0.05, 0.1) is 12.6 Å². The summed E-state index contributed by atoms with van der Waals surface area (Å²) in [5.74, 6) is -0.141. The molecule has 2 saturated heterocycles. The first kappa shape index (κ1) is 12.3. The zero-order valence-corrected chi connectivity index (χ0v) is 10.1. The second kappa shape index (κ2) is 5.03. The summed E-state index contributed by atoms with van der Waals surface area (Å²) in [6.07, 6.45) is 3.36. The zero-order valence-electron chi connectivity index (χ0n) is 10.1. The summed E-state index contributed by atoms with van der Waals surface area (Å²) in [5, 5.41) is 19.1. The first-order chi connectivity index (χ1) is 8.15. The Labute approximate surface area is 102 Å². The molecule has 0 aliphatic carbocycles. The van der Waals surface area contributed by atoms with Crippen molar-refractivity contribution in [1.82, 2.24) is 9.80 Å². The van der Waals surface area contributed by atoms with Gasteiger partial charge >= 0.3 is 0 Å². The van der Waals surface area contributed by atoms with Crippen LogP contribution in [0.25, 0.3) is 0 Å². The molecule has 0 aromatic heterocycles. The molecular formula is C12H19N3O2. The summed E-state index contributed by atoms with van der Waals surface area (Å²) in [5.41, 5.74) is -1.26. The Balaban J connectivity index is 2.01. The SMILES string of the molecule is N#CCN1CCCC(O)(C(=O)N2CCCC2)C1. The average molecular weight is 237 g/mol. The van der Waals surface area contributed by atoms with Gasteiger partial charge in [0.1, 0.15) is 0 Å². The summed E-state index contributed by atoms with van der Waals surface area (Å²) in [7, 11) is 0. The predicted molar refractivity (Wildman–Crippen MR) is 62.1 cm³/mol. The maximum absolute atomic E-state index is 12.2. The molecule has 1 N–H and O–H groups in total. The molecule has 2 fully saturated rings. The second-order valence-corrected chi connectivity index (χ2v) is 5.00. The van der Waals surface area contributed by atoms with E-state index in [1.54, 1.807) is 4.90 Å². The van der Waals surface area contributed by atoms with Crippen molar-refractivity contribution in [2.75, 3.05) is 32.7 Å². The highest BCUT2D eigenvalue weighted by Crippen LogP contribution is 2.25. The van der Waals surface area contributed by atoms with Crippen molar-refractivity contribution < 1.29 is 9.90 Å². The molecule has 2 aliphatic rings. The number of nitriles is 1. The molecule has 5 nitrogen and oxygen atoms in total. The lowest BCUT2D eigenvalue weighted by molar-refractivity contribution is -0.155. The smallest absolute Gasteiger partial charge is 0.255 e. The number of amides is 1. The van der Waals surface area contributed by atoms with E-state index in [1.165, 1.54) is 0 Å². The fraction of sp³-hybridized carbons (Fsp3) is 0.833. The minimum atomic E-state index is -1.26. The van der Waals surface area contributed by atoms with Gasteiger partial charge in [-0.2, -0.15) is 5.26 Å². The first-order valence-corrected chi connectivity index (χ1v) is 6.27. The molecule has 17 heavy (non-hydrogen) atoms. The number of rotatable bonds is 2. The van der Waals surface area contributed by atoms with Crippen LogP contribution in [-0.2, 0) is 4.79 Å². The normalized spacial score (nSPS) is 30.2. The predicted octanol–water partition coefficient (Wildman–Crippen LogP) is -0.0407. The Kier molecular flexibility index (Phi) is 3.65. The maximum Gasteiger partial charge on any atom is 0.255 e. The van der Waals surface area contributed by atoms with Crippen molar-refractivity contribution in [2.24, 2.45) is 0 Å². The van der Waals surface area contributed by atoms with E-state index in [-0.39, 0.29) is 12.5 Å². The minimum Gasteiger partial charge on any atom is -0.379 e. The highest BCUT2D eigenvalue weighted by molar-refractivity contribution is 5.85. The quantitative estimate of drug-likeness (QED) is 0.684. The van der Waals surface area contributed by atoms with E-state index in [9.17, 15) is 9.90 Å². The average Bonchev–Trinajstić information content (AvgIpc) is 2.82. The molecule has 5 heteroatoms. The largest absolute Gasteiger partial charge is 0.379 e. The first-order valence-electron chi connectivity index (χ1n) is 6.27. The molecule has 0 spiro atoms. The van der Waals surface area contributed by atoms with E-state index in [0.717, 1.165) is 38.9 Å². The van der Waals surface area contributed by atoms with Gasteiger partial charge in [-0.05, 0) is 32.2 Å². The number of hydrogen-bond donors (Lipinski definition) is 1. The van der Waals surface area contributed by atoms with Crippen LogP contribution in [0, 0.1) is 11.3 Å². The molecule has 0 saturated carbocycles. The van der Waals surface area contributed by atoms with Gasteiger partial charge in [-0.15, -0.1) is 0 Å². The molecular weight excluding hydrogens is 218 g/mol. The lowest BCUT2D eigenvalue weighted by Crippen LogP contribution is -2.57. The van der Waals surface area contributed by atoms with Crippen LogP contribution in [0.15, 0.2) is 0 Å². The second-order valence-electron chi connectivity index (χ2n) is 5.00. The van der Waals surface area contributed by atoms with Gasteiger partial charge in [0.15, 0.2) is 5.60 Å². The maximum atomic E-state index is 12.2. The lowest BCUT2D eigenvalue weighted by Gasteiger charge is -2.39. The van der Waals surface area contributed by atoms with Crippen LogP contribution in [0.4, 0.5) is 0 Å². The van der Waals surface area contributed by atoms with E-state index in [2.05, 4.69) is 6.07 Å². The molecule has 1 amide bonds. The lowest BCUT2D eigenvalue weighted by atomic mass is 9.91. The van der Waals surface area contributed by atoms with Crippen LogP contribution in [0.2, 0.25) is 0 Å². The molecule has 1 atom stereocenters. The Bertz CT molecular complexity index is 333. The Morgan fingerprint density at radius 1 is 1.29 bits per heavy atom. The van der Waals surface area contributed by atoms with Crippen molar-refractivity contribution in [1.29, 1.82) is 5.26 Å². The molecule has 2 aliphatic heterocycles. The molecule has 2 heterocycles. The topological polar surface area (TPSA) is 67.6 Å². The molecule has 2 rings (SSSR count). The van der Waals surface area contributed by atoms with Crippen LogP contribution < -0.4 is 0 Å². The molecule has 94 valence electrons. The highest BCUT2D eigenvalue weighted by atomic mass is 16.3. The standard InChI is InChI=1S/C12H19N3O2/c13-5-9-14-6-3-4-12(17,10-14)11(16)15-7-1-2-8-15/h17H,1-4,6-10H2. The van der Waals surface area contributed by atoms with Gasteiger partial charge in [0.25, 0.3) is 5.91 Å². The minimum absolute atomic E-state index is 0.141. The van der Waals surface area contributed by atoms with E-state index < -0.39 is 5.60 Å². The van der Waals surface area contributed by atoms with Crippen molar-refractivity contribution in [2.45, 2.75) is 31.3 Å². The summed E-state index contributed by atoms with van der Waals surface area (Å²) in [6.45, 7) is 2.91. The summed E-state index contributed by atoms with van der Waals surface area (Å²) in [6, 6.07) is 2.07. The van der Waals surface area contributed by atoms with E-state index in [0.29, 0.717) is 13.0 Å². The number of aliphatic hydroxyl groups is 1. The fourth-order valence-electron chi connectivity index (χ4n) is 2.75. The number of piperidine rings is 1. The van der Waals surface area contributed by atoms with Crippen LogP contribution in [0.3, 0.4) is 0 Å². The van der Waals surface area contributed by atoms with Gasteiger partial charge < -0.3 is 10.0 Å². The highest BCUT2D eigenvalue weighted by Gasteiger charge is 2.43. The van der Waals surface area contributed by atoms with Gasteiger partial charge in [0, 0.05) is 19.6 Å². The van der Waals surface area contributed by atoms with Crippen LogP contribution >= 0.6 is 0 Å². The number of nitrogens with zero attached hydrogens (tertiary/aromatic N) is 3. The van der Waals surface area contributed by atoms with Crippen LogP contribution in [-0.4, -0.2) is 59.1 Å². The van der Waals surface area contributed by atoms with Gasteiger partial charge in [-0.25, -0.2) is 0 Å². The monoisotopic (exact) mass is 237 g/mol. The van der Waals surface area contributed by atoms with E-state index in [4.69, 9.17) is 5.26 Å². The third-order valence-electron chi connectivity index (χ3n) is 3.64. The Morgan fingerprint density at radius 3 is 2.65 bits per heavy atom. The zero-order chi connectivity index (χ0) is 12.3. The molecule has 0 radical (unpaired) electrons. The van der Waals surface area contributed by atoms with Crippen molar-refractivity contribution in [3.8, 4) is 6.07 Å². The number of hydrogen-bond acceptors (Lipinski definition) is 4. The van der Waals surface area contributed by atoms with E-state index in [1.807, 2.05) is 4.90 Å². The number of carbonyl (C=O) groups excluding carboxylic acids is 1. The van der Waals surface area contributed by atoms with Gasteiger partial charge in [0.2, 0.25) is 0 Å². The van der Waals surface area contributed by atoms with Gasteiger partial charge in [-0.3, -0.25) is 9.69 Å². The number of carbonyl (C=O) groups is 1. The Hall–Kier alpha value is -1.12. The van der Waals surface area contributed by atoms with Crippen LogP contribution in [0.5, 0.6) is 0 Å². The third kappa shape index (κ3) is 2.59. The van der Waals surface area contributed by atoms with E-state index >= 15 is 0 Å². The molecule has 1 unspecified atom stereocenters. The molecule has 0 bridgehead atoms. The number of likely N-dealkylation sites (tertiary alicyclic amines) is 2. The Morgan fingerprint density at radius 2 is 2.00 bits per heavy atom. The molecule has 0 aromatic carbocycles.